The van der Waals surface area contributed by atoms with Crippen LogP contribution in [-0.4, -0.2) is 30.6 Å². The molecule has 1 fully saturated rings. The minimum absolute atomic E-state index is 0.447. The van der Waals surface area contributed by atoms with Crippen molar-refractivity contribution in [2.75, 3.05) is 19.6 Å². The van der Waals surface area contributed by atoms with Gasteiger partial charge in [0.15, 0.2) is 0 Å². The maximum Gasteiger partial charge on any atom is 0.00631 e. The number of likely N-dealkylation sites (tertiary alicyclic amines) is 1. The number of rotatable bonds is 4. The second kappa shape index (κ2) is 6.18. The number of benzene rings is 1. The van der Waals surface area contributed by atoms with Gasteiger partial charge in [-0.25, -0.2) is 0 Å². The maximum absolute atomic E-state index is 5.91. The first kappa shape index (κ1) is 12.6. The van der Waals surface area contributed by atoms with E-state index in [0.29, 0.717) is 6.04 Å². The van der Waals surface area contributed by atoms with Crippen LogP contribution in [-0.2, 0) is 6.42 Å². The molecular weight excluding hydrogens is 208 g/mol. The normalized spacial score (nSPS) is 18.5. The summed E-state index contributed by atoms with van der Waals surface area (Å²) in [7, 11) is 0. The first-order valence-electron chi connectivity index (χ1n) is 6.78. The van der Waals surface area contributed by atoms with Crippen LogP contribution in [0.1, 0.15) is 30.4 Å². The second-order valence-corrected chi connectivity index (χ2v) is 5.21. The molecule has 0 unspecified atom stereocenters. The lowest BCUT2D eigenvalue weighted by Crippen LogP contribution is -2.40. The van der Waals surface area contributed by atoms with Gasteiger partial charge in [-0.2, -0.15) is 0 Å². The Labute approximate surface area is 105 Å². The number of nitrogens with two attached hydrogens (primary N) is 1. The standard InChI is InChI=1S/C15H24N2/c1-13-5-2-3-6-14(13)7-4-10-17-11-8-15(16)9-12-17/h2-3,5-6,15H,4,7-12,16H2,1H3. The molecule has 0 amide bonds. The summed E-state index contributed by atoms with van der Waals surface area (Å²) in [6.45, 7) is 5.81. The van der Waals surface area contributed by atoms with Crippen LogP contribution in [0.3, 0.4) is 0 Å². The fourth-order valence-electron chi connectivity index (χ4n) is 2.56. The molecular formula is C15H24N2. The third kappa shape index (κ3) is 3.83. The quantitative estimate of drug-likeness (QED) is 0.863. The number of hydrogen-bond donors (Lipinski definition) is 1. The predicted octanol–water partition coefficient (Wildman–Crippen LogP) is 2.35. The van der Waals surface area contributed by atoms with Crippen molar-refractivity contribution in [1.82, 2.24) is 4.90 Å². The predicted molar refractivity (Wildman–Crippen MR) is 73.1 cm³/mol. The van der Waals surface area contributed by atoms with Gasteiger partial charge in [-0.15, -0.1) is 0 Å². The highest BCUT2D eigenvalue weighted by Crippen LogP contribution is 2.12. The zero-order chi connectivity index (χ0) is 12.1. The second-order valence-electron chi connectivity index (χ2n) is 5.21. The highest BCUT2D eigenvalue weighted by molar-refractivity contribution is 5.25. The van der Waals surface area contributed by atoms with Crippen molar-refractivity contribution < 1.29 is 0 Å². The van der Waals surface area contributed by atoms with Crippen molar-refractivity contribution in [3.05, 3.63) is 35.4 Å². The zero-order valence-electron chi connectivity index (χ0n) is 10.9. The van der Waals surface area contributed by atoms with E-state index in [2.05, 4.69) is 36.1 Å². The maximum atomic E-state index is 5.91. The van der Waals surface area contributed by atoms with Crippen LogP contribution in [0.15, 0.2) is 24.3 Å². The Morgan fingerprint density at radius 2 is 1.94 bits per heavy atom. The van der Waals surface area contributed by atoms with Crippen molar-refractivity contribution >= 4 is 0 Å². The molecule has 2 rings (SSSR count). The lowest BCUT2D eigenvalue weighted by molar-refractivity contribution is 0.211. The Balaban J connectivity index is 1.71. The van der Waals surface area contributed by atoms with Gasteiger partial charge in [0.05, 0.1) is 0 Å². The van der Waals surface area contributed by atoms with Gasteiger partial charge in [0.25, 0.3) is 0 Å². The van der Waals surface area contributed by atoms with E-state index in [4.69, 9.17) is 5.73 Å². The molecule has 0 radical (unpaired) electrons. The molecule has 2 nitrogen and oxygen atoms in total. The zero-order valence-corrected chi connectivity index (χ0v) is 10.9. The van der Waals surface area contributed by atoms with Gasteiger partial charge in [-0.1, -0.05) is 24.3 Å². The topological polar surface area (TPSA) is 29.3 Å². The Hall–Kier alpha value is -0.860. The Kier molecular flexibility index (Phi) is 4.57. The average molecular weight is 232 g/mol. The molecule has 0 aromatic heterocycles. The van der Waals surface area contributed by atoms with E-state index >= 15 is 0 Å². The fraction of sp³-hybridized carbons (Fsp3) is 0.600. The molecule has 1 heterocycles. The third-order valence-corrected chi connectivity index (χ3v) is 3.81. The van der Waals surface area contributed by atoms with E-state index in [1.54, 1.807) is 0 Å². The van der Waals surface area contributed by atoms with Gasteiger partial charge in [0, 0.05) is 6.04 Å². The SMILES string of the molecule is Cc1ccccc1CCCN1CCC(N)CC1. The summed E-state index contributed by atoms with van der Waals surface area (Å²) in [5.74, 6) is 0. The summed E-state index contributed by atoms with van der Waals surface area (Å²) in [6.07, 6.45) is 4.81. The van der Waals surface area contributed by atoms with Crippen LogP contribution < -0.4 is 5.73 Å². The average Bonchev–Trinajstić information content (AvgIpc) is 2.34. The summed E-state index contributed by atoms with van der Waals surface area (Å²) in [6, 6.07) is 9.16. The molecule has 0 spiro atoms. The van der Waals surface area contributed by atoms with E-state index < -0.39 is 0 Å². The summed E-state index contributed by atoms with van der Waals surface area (Å²) < 4.78 is 0. The minimum atomic E-state index is 0.447. The monoisotopic (exact) mass is 232 g/mol. The molecule has 0 aliphatic carbocycles. The molecule has 17 heavy (non-hydrogen) atoms. The Morgan fingerprint density at radius 3 is 2.65 bits per heavy atom. The van der Waals surface area contributed by atoms with Gasteiger partial charge in [-0.3, -0.25) is 0 Å². The van der Waals surface area contributed by atoms with E-state index in [1.165, 1.54) is 56.4 Å². The highest BCUT2D eigenvalue weighted by Gasteiger charge is 2.15. The van der Waals surface area contributed by atoms with Crippen molar-refractivity contribution in [3.8, 4) is 0 Å². The first-order chi connectivity index (χ1) is 8.25. The molecule has 1 aliphatic heterocycles. The van der Waals surface area contributed by atoms with E-state index in [0.717, 1.165) is 0 Å². The molecule has 0 saturated carbocycles. The smallest absolute Gasteiger partial charge is 0.00631 e. The van der Waals surface area contributed by atoms with Crippen LogP contribution >= 0.6 is 0 Å². The van der Waals surface area contributed by atoms with Gasteiger partial charge in [-0.05, 0) is 63.4 Å². The lowest BCUT2D eigenvalue weighted by Gasteiger charge is -2.30. The van der Waals surface area contributed by atoms with Crippen LogP contribution in [0, 0.1) is 6.92 Å². The summed E-state index contributed by atoms with van der Waals surface area (Å²) in [4.78, 5) is 2.56. The number of aryl methyl sites for hydroxylation is 2. The van der Waals surface area contributed by atoms with Crippen LogP contribution in [0.2, 0.25) is 0 Å². The molecule has 0 bridgehead atoms. The number of nitrogens with zero attached hydrogens (tertiary/aromatic N) is 1. The molecule has 1 aromatic carbocycles. The van der Waals surface area contributed by atoms with Gasteiger partial charge < -0.3 is 10.6 Å². The highest BCUT2D eigenvalue weighted by atomic mass is 15.1. The van der Waals surface area contributed by atoms with Crippen LogP contribution in [0.4, 0.5) is 0 Å². The Morgan fingerprint density at radius 1 is 1.24 bits per heavy atom. The van der Waals surface area contributed by atoms with Crippen molar-refractivity contribution in [2.24, 2.45) is 5.73 Å². The molecule has 2 heteroatoms. The van der Waals surface area contributed by atoms with Crippen molar-refractivity contribution in [3.63, 3.8) is 0 Å². The van der Waals surface area contributed by atoms with Gasteiger partial charge in [0.1, 0.15) is 0 Å². The molecule has 94 valence electrons. The van der Waals surface area contributed by atoms with E-state index in [1.807, 2.05) is 0 Å². The Bertz CT molecular complexity index is 341. The third-order valence-electron chi connectivity index (χ3n) is 3.81. The summed E-state index contributed by atoms with van der Waals surface area (Å²) in [5, 5.41) is 0. The first-order valence-corrected chi connectivity index (χ1v) is 6.78. The molecule has 0 atom stereocenters. The molecule has 1 saturated heterocycles. The largest absolute Gasteiger partial charge is 0.328 e. The van der Waals surface area contributed by atoms with Crippen LogP contribution in [0.5, 0.6) is 0 Å². The number of piperidine rings is 1. The van der Waals surface area contributed by atoms with Crippen molar-refractivity contribution in [1.29, 1.82) is 0 Å². The number of hydrogen-bond acceptors (Lipinski definition) is 2. The summed E-state index contributed by atoms with van der Waals surface area (Å²) >= 11 is 0. The molecule has 1 aliphatic rings. The lowest BCUT2D eigenvalue weighted by atomic mass is 10.0. The molecule has 1 aromatic rings. The molecule has 2 N–H and O–H groups in total. The summed E-state index contributed by atoms with van der Waals surface area (Å²) in [5.41, 5.74) is 8.84. The van der Waals surface area contributed by atoms with Crippen molar-refractivity contribution in [2.45, 2.75) is 38.6 Å². The van der Waals surface area contributed by atoms with Gasteiger partial charge >= 0.3 is 0 Å². The fourth-order valence-corrected chi connectivity index (χ4v) is 2.56. The minimum Gasteiger partial charge on any atom is -0.328 e. The van der Waals surface area contributed by atoms with E-state index in [-0.39, 0.29) is 0 Å². The van der Waals surface area contributed by atoms with Gasteiger partial charge in [0.2, 0.25) is 0 Å². The van der Waals surface area contributed by atoms with Crippen LogP contribution in [0.25, 0.3) is 0 Å². The van der Waals surface area contributed by atoms with E-state index in [9.17, 15) is 0 Å².